The second-order valence-electron chi connectivity index (χ2n) is 9.94. The van der Waals surface area contributed by atoms with Crippen molar-refractivity contribution >= 4 is 23.1 Å². The molecule has 2 aliphatic carbocycles. The zero-order chi connectivity index (χ0) is 22.7. The summed E-state index contributed by atoms with van der Waals surface area (Å²) in [7, 11) is 1.62. The SMILES string of the molecule is COCCNC(=O)CN1c2ccccc2NC2=C(C(=O)CC(C)(C)C2)C1C1CC=CCC1. The highest BCUT2D eigenvalue weighted by Gasteiger charge is 2.43. The molecule has 4 rings (SSSR count). The molecule has 0 aromatic heterocycles. The van der Waals surface area contributed by atoms with Gasteiger partial charge in [-0.2, -0.15) is 0 Å². The Hall–Kier alpha value is -2.60. The van der Waals surface area contributed by atoms with E-state index in [4.69, 9.17) is 4.74 Å². The lowest BCUT2D eigenvalue weighted by atomic mass is 9.71. The number of benzene rings is 1. The molecule has 0 saturated carbocycles. The number of allylic oxidation sites excluding steroid dienone is 3. The summed E-state index contributed by atoms with van der Waals surface area (Å²) < 4.78 is 5.08. The number of carbonyl (C=O) groups excluding carboxylic acids is 2. The van der Waals surface area contributed by atoms with Crippen molar-refractivity contribution in [1.29, 1.82) is 0 Å². The molecule has 1 aromatic carbocycles. The molecule has 1 amide bonds. The maximum Gasteiger partial charge on any atom is 0.239 e. The van der Waals surface area contributed by atoms with Crippen LogP contribution in [0.25, 0.3) is 0 Å². The van der Waals surface area contributed by atoms with E-state index in [2.05, 4.69) is 47.6 Å². The summed E-state index contributed by atoms with van der Waals surface area (Å²) in [5.41, 5.74) is 3.77. The number of carbonyl (C=O) groups is 2. The van der Waals surface area contributed by atoms with E-state index in [0.717, 1.165) is 48.3 Å². The second-order valence-corrected chi connectivity index (χ2v) is 9.94. The lowest BCUT2D eigenvalue weighted by Crippen LogP contribution is -2.50. The first-order valence-electron chi connectivity index (χ1n) is 11.7. The van der Waals surface area contributed by atoms with E-state index in [1.807, 2.05) is 18.2 Å². The average molecular weight is 438 g/mol. The Morgan fingerprint density at radius 2 is 2.06 bits per heavy atom. The van der Waals surface area contributed by atoms with Gasteiger partial charge in [-0.15, -0.1) is 0 Å². The van der Waals surface area contributed by atoms with Crippen LogP contribution in [0, 0.1) is 11.3 Å². The Labute approximate surface area is 191 Å². The van der Waals surface area contributed by atoms with Gasteiger partial charge in [-0.1, -0.05) is 38.1 Å². The van der Waals surface area contributed by atoms with Gasteiger partial charge in [0.05, 0.1) is 30.6 Å². The number of nitrogens with one attached hydrogen (secondary N) is 2. The molecule has 2 unspecified atom stereocenters. The van der Waals surface area contributed by atoms with Crippen LogP contribution in [0.1, 0.15) is 46.0 Å². The summed E-state index contributed by atoms with van der Waals surface area (Å²) in [6.45, 7) is 5.48. The van der Waals surface area contributed by atoms with Gasteiger partial charge in [0.15, 0.2) is 5.78 Å². The first kappa shape index (κ1) is 22.6. The van der Waals surface area contributed by atoms with Crippen molar-refractivity contribution in [3.63, 3.8) is 0 Å². The molecule has 6 heteroatoms. The zero-order valence-corrected chi connectivity index (χ0v) is 19.4. The summed E-state index contributed by atoms with van der Waals surface area (Å²) in [6, 6.07) is 7.99. The van der Waals surface area contributed by atoms with Gasteiger partial charge in [0.25, 0.3) is 0 Å². The number of nitrogens with zero attached hydrogens (tertiary/aromatic N) is 1. The van der Waals surface area contributed by atoms with Crippen LogP contribution < -0.4 is 15.5 Å². The van der Waals surface area contributed by atoms with E-state index in [9.17, 15) is 9.59 Å². The largest absolute Gasteiger partial charge is 0.383 e. The number of fused-ring (bicyclic) bond motifs is 1. The first-order valence-corrected chi connectivity index (χ1v) is 11.7. The Kier molecular flexibility index (Phi) is 6.70. The van der Waals surface area contributed by atoms with Gasteiger partial charge in [0.1, 0.15) is 0 Å². The van der Waals surface area contributed by atoms with Crippen LogP contribution >= 0.6 is 0 Å². The maximum absolute atomic E-state index is 13.6. The van der Waals surface area contributed by atoms with Crippen molar-refractivity contribution in [3.8, 4) is 0 Å². The molecule has 6 nitrogen and oxygen atoms in total. The summed E-state index contributed by atoms with van der Waals surface area (Å²) in [6.07, 6.45) is 8.76. The van der Waals surface area contributed by atoms with Crippen LogP contribution in [0.3, 0.4) is 0 Å². The molecule has 1 aromatic rings. The highest BCUT2D eigenvalue weighted by atomic mass is 16.5. The quantitative estimate of drug-likeness (QED) is 0.519. The van der Waals surface area contributed by atoms with E-state index >= 15 is 0 Å². The van der Waals surface area contributed by atoms with Crippen LogP contribution in [0.15, 0.2) is 47.7 Å². The van der Waals surface area contributed by atoms with Crippen molar-refractivity contribution in [1.82, 2.24) is 5.32 Å². The number of amides is 1. The van der Waals surface area contributed by atoms with Gasteiger partial charge in [-0.05, 0) is 49.1 Å². The average Bonchev–Trinajstić information content (AvgIpc) is 2.88. The number of anilines is 2. The zero-order valence-electron chi connectivity index (χ0n) is 19.4. The van der Waals surface area contributed by atoms with E-state index < -0.39 is 0 Å². The number of Topliss-reactive ketones (excluding diaryl/α,β-unsaturated/α-hetero) is 1. The molecular formula is C26H35N3O3. The Morgan fingerprint density at radius 1 is 1.25 bits per heavy atom. The van der Waals surface area contributed by atoms with E-state index in [0.29, 0.717) is 19.6 Å². The summed E-state index contributed by atoms with van der Waals surface area (Å²) >= 11 is 0. The van der Waals surface area contributed by atoms with Crippen molar-refractivity contribution in [2.24, 2.45) is 11.3 Å². The minimum Gasteiger partial charge on any atom is -0.383 e. The lowest BCUT2D eigenvalue weighted by molar-refractivity contribution is -0.121. The molecule has 2 atom stereocenters. The molecule has 2 N–H and O–H groups in total. The fraction of sp³-hybridized carbons (Fsp3) is 0.538. The van der Waals surface area contributed by atoms with Crippen LogP contribution in [0.4, 0.5) is 11.4 Å². The fourth-order valence-electron chi connectivity index (χ4n) is 5.37. The molecule has 1 aliphatic heterocycles. The molecule has 1 heterocycles. The summed E-state index contributed by atoms with van der Waals surface area (Å²) in [5, 5.41) is 6.58. The van der Waals surface area contributed by atoms with E-state index in [1.54, 1.807) is 7.11 Å². The van der Waals surface area contributed by atoms with Gasteiger partial charge in [-0.25, -0.2) is 0 Å². The topological polar surface area (TPSA) is 70.7 Å². The van der Waals surface area contributed by atoms with Crippen LogP contribution in [-0.2, 0) is 14.3 Å². The molecule has 3 aliphatic rings. The Bertz CT molecular complexity index is 934. The Morgan fingerprint density at radius 3 is 2.81 bits per heavy atom. The first-order chi connectivity index (χ1) is 15.4. The third-order valence-electron chi connectivity index (χ3n) is 6.75. The smallest absolute Gasteiger partial charge is 0.239 e. The number of ketones is 1. The summed E-state index contributed by atoms with van der Waals surface area (Å²) in [5.74, 6) is 0.441. The molecule has 0 radical (unpaired) electrons. The molecule has 0 saturated heterocycles. The highest BCUT2D eigenvalue weighted by Crippen LogP contribution is 2.46. The minimum atomic E-state index is -0.122. The third kappa shape index (κ3) is 4.75. The van der Waals surface area contributed by atoms with E-state index in [-0.39, 0.29) is 35.6 Å². The normalized spacial score (nSPS) is 24.3. The minimum absolute atomic E-state index is 0.0548. The molecule has 172 valence electrons. The standard InChI is InChI=1S/C26H35N3O3/c1-26(2)15-20-24(22(30)16-26)25(18-9-5-4-6-10-18)29(17-23(31)27-13-14-32-3)21-12-8-7-11-19(21)28-20/h4-5,7-8,11-12,18,25,28H,6,9-10,13-17H2,1-3H3,(H,27,31). The number of rotatable bonds is 6. The van der Waals surface area contributed by atoms with E-state index in [1.165, 1.54) is 0 Å². The lowest BCUT2D eigenvalue weighted by Gasteiger charge is -2.41. The maximum atomic E-state index is 13.6. The third-order valence-corrected chi connectivity index (χ3v) is 6.75. The monoisotopic (exact) mass is 437 g/mol. The van der Waals surface area contributed by atoms with Crippen LogP contribution in [-0.4, -0.2) is 44.5 Å². The predicted octanol–water partition coefficient (Wildman–Crippen LogP) is 4.05. The van der Waals surface area contributed by atoms with Gasteiger partial charge in [0.2, 0.25) is 5.91 Å². The number of ether oxygens (including phenoxy) is 1. The molecule has 0 fully saturated rings. The van der Waals surface area contributed by atoms with Gasteiger partial charge in [0, 0.05) is 31.3 Å². The number of methoxy groups -OCH3 is 1. The number of hydrogen-bond donors (Lipinski definition) is 2. The predicted molar refractivity (Wildman–Crippen MR) is 128 cm³/mol. The fourth-order valence-corrected chi connectivity index (χ4v) is 5.37. The summed E-state index contributed by atoms with van der Waals surface area (Å²) in [4.78, 5) is 28.7. The Balaban J connectivity index is 1.79. The van der Waals surface area contributed by atoms with Crippen molar-refractivity contribution in [2.75, 3.05) is 37.0 Å². The highest BCUT2D eigenvalue weighted by molar-refractivity contribution is 6.01. The number of para-hydroxylation sites is 2. The van der Waals surface area contributed by atoms with Crippen molar-refractivity contribution in [3.05, 3.63) is 47.7 Å². The number of hydrogen-bond acceptors (Lipinski definition) is 5. The van der Waals surface area contributed by atoms with Crippen molar-refractivity contribution in [2.45, 2.75) is 52.0 Å². The van der Waals surface area contributed by atoms with Gasteiger partial charge in [-0.3, -0.25) is 9.59 Å². The second kappa shape index (κ2) is 9.49. The molecule has 32 heavy (non-hydrogen) atoms. The van der Waals surface area contributed by atoms with Crippen molar-refractivity contribution < 1.29 is 14.3 Å². The van der Waals surface area contributed by atoms with Crippen LogP contribution in [0.5, 0.6) is 0 Å². The molecular weight excluding hydrogens is 402 g/mol. The van der Waals surface area contributed by atoms with Gasteiger partial charge < -0.3 is 20.3 Å². The molecule has 0 bridgehead atoms. The van der Waals surface area contributed by atoms with Gasteiger partial charge >= 0.3 is 0 Å². The molecule has 0 spiro atoms. The van der Waals surface area contributed by atoms with Crippen LogP contribution in [0.2, 0.25) is 0 Å².